The molecule has 0 aliphatic heterocycles. The molecule has 0 unspecified atom stereocenters. The molecular weight excluding hydrogens is 287 g/mol. The van der Waals surface area contributed by atoms with E-state index in [2.05, 4.69) is 27.7 Å². The fourth-order valence-electron chi connectivity index (χ4n) is 2.11. The fraction of sp³-hybridized carbons (Fsp3) is 0.625. The number of rotatable bonds is 8. The summed E-state index contributed by atoms with van der Waals surface area (Å²) >= 11 is 0. The van der Waals surface area contributed by atoms with Gasteiger partial charge >= 0.3 is 7.82 Å². The van der Waals surface area contributed by atoms with Gasteiger partial charge in [-0.2, -0.15) is 0 Å². The van der Waals surface area contributed by atoms with Crippen molar-refractivity contribution < 1.29 is 18.1 Å². The Kier molecular flexibility index (Phi) is 6.92. The van der Waals surface area contributed by atoms with E-state index in [0.29, 0.717) is 5.75 Å². The molecule has 0 heterocycles. The van der Waals surface area contributed by atoms with E-state index in [0.717, 1.165) is 11.1 Å². The van der Waals surface area contributed by atoms with Gasteiger partial charge in [0.1, 0.15) is 5.75 Å². The second-order valence-corrected chi connectivity index (χ2v) is 7.04. The zero-order valence-electron chi connectivity index (χ0n) is 13.9. The highest BCUT2D eigenvalue weighted by Crippen LogP contribution is 2.52. The highest BCUT2D eigenvalue weighted by molar-refractivity contribution is 7.48. The molecule has 0 saturated carbocycles. The smallest absolute Gasteiger partial charge is 0.403 e. The third-order valence-corrected chi connectivity index (χ3v) is 4.65. The fourth-order valence-corrected chi connectivity index (χ4v) is 3.35. The number of benzene rings is 1. The van der Waals surface area contributed by atoms with Crippen LogP contribution in [0.4, 0.5) is 0 Å². The first-order valence-corrected chi connectivity index (χ1v) is 9.02. The first kappa shape index (κ1) is 18.2. The number of phosphoric acid groups is 1. The minimum atomic E-state index is -3.57. The van der Waals surface area contributed by atoms with Crippen molar-refractivity contribution in [1.82, 2.24) is 0 Å². The van der Waals surface area contributed by atoms with Crippen molar-refractivity contribution in [3.05, 3.63) is 29.3 Å². The molecule has 5 heteroatoms. The van der Waals surface area contributed by atoms with Gasteiger partial charge in [-0.05, 0) is 36.8 Å². The van der Waals surface area contributed by atoms with E-state index in [4.69, 9.17) is 13.6 Å². The second-order valence-electron chi connectivity index (χ2n) is 5.45. The molecule has 0 radical (unpaired) electrons. The molecule has 4 nitrogen and oxygen atoms in total. The molecule has 1 rings (SSSR count). The first-order valence-electron chi connectivity index (χ1n) is 7.56. The lowest BCUT2D eigenvalue weighted by molar-refractivity contribution is 0.166. The van der Waals surface area contributed by atoms with Crippen molar-refractivity contribution in [3.8, 4) is 5.75 Å². The van der Waals surface area contributed by atoms with Gasteiger partial charge in [-0.1, -0.05) is 45.9 Å². The standard InChI is InChI=1S/C16H27O4P/c1-7-18-21(17,19-8-2)20-16-14(12(3)4)10-9-11-15(16)13(5)6/h9-13H,7-8H2,1-6H3. The topological polar surface area (TPSA) is 44.8 Å². The summed E-state index contributed by atoms with van der Waals surface area (Å²) in [7, 11) is -3.57. The molecule has 0 aliphatic carbocycles. The Labute approximate surface area is 128 Å². The van der Waals surface area contributed by atoms with E-state index < -0.39 is 7.82 Å². The van der Waals surface area contributed by atoms with Gasteiger partial charge in [0.15, 0.2) is 0 Å². The number of hydrogen-bond donors (Lipinski definition) is 0. The van der Waals surface area contributed by atoms with Crippen LogP contribution in [0.15, 0.2) is 18.2 Å². The third kappa shape index (κ3) is 4.84. The minimum absolute atomic E-state index is 0.260. The molecule has 21 heavy (non-hydrogen) atoms. The van der Waals surface area contributed by atoms with Crippen molar-refractivity contribution in [2.45, 2.75) is 53.4 Å². The maximum atomic E-state index is 12.7. The van der Waals surface area contributed by atoms with Crippen molar-refractivity contribution in [2.75, 3.05) is 13.2 Å². The van der Waals surface area contributed by atoms with Crippen LogP contribution in [0, 0.1) is 0 Å². The summed E-state index contributed by atoms with van der Waals surface area (Å²) in [6.07, 6.45) is 0. The molecule has 0 aliphatic rings. The van der Waals surface area contributed by atoms with Crippen LogP contribution in [-0.2, 0) is 13.6 Å². The van der Waals surface area contributed by atoms with Gasteiger partial charge in [-0.3, -0.25) is 9.05 Å². The molecular formula is C16H27O4P. The van der Waals surface area contributed by atoms with Crippen LogP contribution in [0.2, 0.25) is 0 Å². The van der Waals surface area contributed by atoms with Gasteiger partial charge < -0.3 is 4.52 Å². The maximum Gasteiger partial charge on any atom is 0.530 e. The van der Waals surface area contributed by atoms with Crippen molar-refractivity contribution in [2.24, 2.45) is 0 Å². The molecule has 120 valence electrons. The lowest BCUT2D eigenvalue weighted by Crippen LogP contribution is -2.07. The molecule has 0 aromatic heterocycles. The average Bonchev–Trinajstić information content (AvgIpc) is 2.38. The van der Waals surface area contributed by atoms with Crippen molar-refractivity contribution >= 4 is 7.82 Å². The molecule has 0 saturated heterocycles. The van der Waals surface area contributed by atoms with Crippen LogP contribution in [0.3, 0.4) is 0 Å². The minimum Gasteiger partial charge on any atom is -0.403 e. The van der Waals surface area contributed by atoms with Gasteiger partial charge in [-0.15, -0.1) is 0 Å². The van der Waals surface area contributed by atoms with E-state index >= 15 is 0 Å². The van der Waals surface area contributed by atoms with E-state index in [1.807, 2.05) is 18.2 Å². The summed E-state index contributed by atoms with van der Waals surface area (Å²) in [5.74, 6) is 1.15. The summed E-state index contributed by atoms with van der Waals surface area (Å²) in [6.45, 7) is 12.4. The van der Waals surface area contributed by atoms with Gasteiger partial charge in [0.2, 0.25) is 0 Å². The molecule has 0 bridgehead atoms. The summed E-state index contributed by atoms with van der Waals surface area (Å²) < 4.78 is 29.0. The Balaban J connectivity index is 3.29. The van der Waals surface area contributed by atoms with E-state index in [-0.39, 0.29) is 25.0 Å². The quantitative estimate of drug-likeness (QED) is 0.595. The first-order chi connectivity index (χ1) is 9.84. The summed E-state index contributed by atoms with van der Waals surface area (Å²) in [5, 5.41) is 0. The zero-order valence-corrected chi connectivity index (χ0v) is 14.8. The molecule has 1 aromatic carbocycles. The molecule has 0 spiro atoms. The number of phosphoric ester groups is 1. The van der Waals surface area contributed by atoms with Gasteiger partial charge in [-0.25, -0.2) is 4.57 Å². The van der Waals surface area contributed by atoms with Crippen molar-refractivity contribution in [1.29, 1.82) is 0 Å². The summed E-state index contributed by atoms with van der Waals surface area (Å²) in [6, 6.07) is 5.99. The van der Waals surface area contributed by atoms with E-state index in [9.17, 15) is 4.57 Å². The lowest BCUT2D eigenvalue weighted by Gasteiger charge is -2.23. The van der Waals surface area contributed by atoms with Crippen LogP contribution >= 0.6 is 7.82 Å². The Morgan fingerprint density at radius 1 is 0.952 bits per heavy atom. The number of para-hydroxylation sites is 1. The Hall–Kier alpha value is -0.830. The summed E-state index contributed by atoms with van der Waals surface area (Å²) in [4.78, 5) is 0. The molecule has 0 fully saturated rings. The Morgan fingerprint density at radius 3 is 1.71 bits per heavy atom. The number of hydrogen-bond acceptors (Lipinski definition) is 4. The van der Waals surface area contributed by atoms with Crippen LogP contribution < -0.4 is 4.52 Å². The average molecular weight is 314 g/mol. The SMILES string of the molecule is CCOP(=O)(OCC)Oc1c(C(C)C)cccc1C(C)C. The lowest BCUT2D eigenvalue weighted by atomic mass is 9.94. The van der Waals surface area contributed by atoms with Crippen molar-refractivity contribution in [3.63, 3.8) is 0 Å². The maximum absolute atomic E-state index is 12.7. The monoisotopic (exact) mass is 314 g/mol. The highest BCUT2D eigenvalue weighted by atomic mass is 31.2. The molecule has 1 aromatic rings. The highest BCUT2D eigenvalue weighted by Gasteiger charge is 2.30. The van der Waals surface area contributed by atoms with Crippen LogP contribution in [0.25, 0.3) is 0 Å². The Bertz CT molecular complexity index is 461. The second kappa shape index (κ2) is 7.98. The van der Waals surface area contributed by atoms with Gasteiger partial charge in [0.25, 0.3) is 0 Å². The predicted molar refractivity (Wildman–Crippen MR) is 86.1 cm³/mol. The summed E-state index contributed by atoms with van der Waals surface area (Å²) in [5.41, 5.74) is 2.03. The molecule has 0 amide bonds. The van der Waals surface area contributed by atoms with Gasteiger partial charge in [0.05, 0.1) is 13.2 Å². The largest absolute Gasteiger partial charge is 0.530 e. The normalized spacial score (nSPS) is 12.2. The van der Waals surface area contributed by atoms with Crippen LogP contribution in [-0.4, -0.2) is 13.2 Å². The molecule has 0 atom stereocenters. The predicted octanol–water partition coefficient (Wildman–Crippen LogP) is 5.49. The Morgan fingerprint density at radius 2 is 1.38 bits per heavy atom. The van der Waals surface area contributed by atoms with E-state index in [1.54, 1.807) is 13.8 Å². The van der Waals surface area contributed by atoms with Gasteiger partial charge in [0, 0.05) is 0 Å². The van der Waals surface area contributed by atoms with Crippen LogP contribution in [0.1, 0.15) is 64.5 Å². The zero-order chi connectivity index (χ0) is 16.0. The van der Waals surface area contributed by atoms with Crippen LogP contribution in [0.5, 0.6) is 5.75 Å². The van der Waals surface area contributed by atoms with E-state index in [1.165, 1.54) is 0 Å². The molecule has 0 N–H and O–H groups in total. The third-order valence-electron chi connectivity index (χ3n) is 3.10.